The van der Waals surface area contributed by atoms with Gasteiger partial charge in [-0.2, -0.15) is 0 Å². The molecule has 102 valence electrons. The Morgan fingerprint density at radius 1 is 1.20 bits per heavy atom. The van der Waals surface area contributed by atoms with Gasteiger partial charge in [0, 0.05) is 17.8 Å². The smallest absolute Gasteiger partial charge is 0.213 e. The molecule has 0 aliphatic carbocycles. The number of aromatic nitrogens is 2. The first-order valence-electron chi connectivity index (χ1n) is 6.12. The van der Waals surface area contributed by atoms with E-state index in [0.29, 0.717) is 11.0 Å². The molecule has 0 bridgehead atoms. The SMILES string of the molecule is Nc1nc2ccc(-c3ccc(OCCO)nc3)cc2s1. The fourth-order valence-electron chi connectivity index (χ4n) is 1.91. The molecular weight excluding hydrogens is 274 g/mol. The number of nitrogens with zero attached hydrogens (tertiary/aromatic N) is 2. The van der Waals surface area contributed by atoms with Crippen LogP contribution in [0.3, 0.4) is 0 Å². The summed E-state index contributed by atoms with van der Waals surface area (Å²) >= 11 is 1.47. The number of pyridine rings is 1. The fourth-order valence-corrected chi connectivity index (χ4v) is 2.68. The van der Waals surface area contributed by atoms with Gasteiger partial charge in [0.25, 0.3) is 0 Å². The van der Waals surface area contributed by atoms with Gasteiger partial charge in [0.2, 0.25) is 5.88 Å². The quantitative estimate of drug-likeness (QED) is 0.769. The Bertz CT molecular complexity index is 725. The molecule has 0 spiro atoms. The van der Waals surface area contributed by atoms with E-state index in [-0.39, 0.29) is 13.2 Å². The predicted octanol–water partition coefficient (Wildman–Crippen LogP) is 2.31. The van der Waals surface area contributed by atoms with E-state index in [2.05, 4.69) is 16.0 Å². The molecule has 3 aromatic rings. The van der Waals surface area contributed by atoms with Crippen LogP contribution in [0, 0.1) is 0 Å². The lowest BCUT2D eigenvalue weighted by Crippen LogP contribution is -2.02. The summed E-state index contributed by atoms with van der Waals surface area (Å²) in [5.74, 6) is 0.505. The molecule has 0 unspecified atom stereocenters. The van der Waals surface area contributed by atoms with Gasteiger partial charge in [0.05, 0.1) is 16.8 Å². The van der Waals surface area contributed by atoms with Gasteiger partial charge in [0.15, 0.2) is 5.13 Å². The van der Waals surface area contributed by atoms with Crippen LogP contribution in [0.1, 0.15) is 0 Å². The maximum atomic E-state index is 8.69. The van der Waals surface area contributed by atoms with Crippen molar-refractivity contribution in [2.75, 3.05) is 18.9 Å². The lowest BCUT2D eigenvalue weighted by Gasteiger charge is -2.05. The highest BCUT2D eigenvalue weighted by Crippen LogP contribution is 2.29. The van der Waals surface area contributed by atoms with Crippen LogP contribution in [0.15, 0.2) is 36.5 Å². The van der Waals surface area contributed by atoms with Gasteiger partial charge in [-0.1, -0.05) is 17.4 Å². The number of thiazole rings is 1. The fraction of sp³-hybridized carbons (Fsp3) is 0.143. The summed E-state index contributed by atoms with van der Waals surface area (Å²) in [7, 11) is 0. The predicted molar refractivity (Wildman–Crippen MR) is 79.8 cm³/mol. The summed E-state index contributed by atoms with van der Waals surface area (Å²) in [6.07, 6.45) is 1.75. The lowest BCUT2D eigenvalue weighted by molar-refractivity contribution is 0.196. The minimum Gasteiger partial charge on any atom is -0.475 e. The maximum absolute atomic E-state index is 8.69. The lowest BCUT2D eigenvalue weighted by atomic mass is 10.1. The number of aliphatic hydroxyl groups is 1. The standard InChI is InChI=1S/C14H13N3O2S/c15-14-17-11-3-1-9(7-12(11)20-14)10-2-4-13(16-8-10)19-6-5-18/h1-4,7-8,18H,5-6H2,(H2,15,17). The Labute approximate surface area is 119 Å². The van der Waals surface area contributed by atoms with Crippen molar-refractivity contribution in [3.63, 3.8) is 0 Å². The summed E-state index contributed by atoms with van der Waals surface area (Å²) < 4.78 is 6.29. The second-order valence-electron chi connectivity index (χ2n) is 4.19. The number of nitrogens with two attached hydrogens (primary N) is 1. The molecule has 2 heterocycles. The Morgan fingerprint density at radius 2 is 2.05 bits per heavy atom. The number of nitrogen functional groups attached to an aromatic ring is 1. The van der Waals surface area contributed by atoms with E-state index in [1.165, 1.54) is 11.3 Å². The number of rotatable bonds is 4. The highest BCUT2D eigenvalue weighted by molar-refractivity contribution is 7.22. The van der Waals surface area contributed by atoms with Gasteiger partial charge in [0.1, 0.15) is 6.61 Å². The third-order valence-electron chi connectivity index (χ3n) is 2.82. The van der Waals surface area contributed by atoms with Gasteiger partial charge in [-0.3, -0.25) is 0 Å². The van der Waals surface area contributed by atoms with E-state index in [9.17, 15) is 0 Å². The van der Waals surface area contributed by atoms with Crippen molar-refractivity contribution in [2.24, 2.45) is 0 Å². The highest BCUT2D eigenvalue weighted by Gasteiger charge is 2.05. The Morgan fingerprint density at radius 3 is 2.80 bits per heavy atom. The normalized spacial score (nSPS) is 10.8. The van der Waals surface area contributed by atoms with Gasteiger partial charge in [-0.05, 0) is 23.8 Å². The van der Waals surface area contributed by atoms with E-state index in [4.69, 9.17) is 15.6 Å². The maximum Gasteiger partial charge on any atom is 0.213 e. The van der Waals surface area contributed by atoms with Crippen LogP contribution < -0.4 is 10.5 Å². The number of fused-ring (bicyclic) bond motifs is 1. The van der Waals surface area contributed by atoms with Crippen molar-refractivity contribution in [3.8, 4) is 17.0 Å². The van der Waals surface area contributed by atoms with Crippen LogP contribution in [0.2, 0.25) is 0 Å². The molecule has 0 fully saturated rings. The van der Waals surface area contributed by atoms with Crippen molar-refractivity contribution in [2.45, 2.75) is 0 Å². The molecule has 3 N–H and O–H groups in total. The minimum absolute atomic E-state index is 0.0209. The summed E-state index contributed by atoms with van der Waals surface area (Å²) in [5.41, 5.74) is 8.67. The molecule has 0 atom stereocenters. The van der Waals surface area contributed by atoms with E-state index < -0.39 is 0 Å². The summed E-state index contributed by atoms with van der Waals surface area (Å²) in [6, 6.07) is 9.72. The minimum atomic E-state index is -0.0209. The molecule has 0 radical (unpaired) electrons. The molecule has 0 aliphatic heterocycles. The number of hydrogen-bond acceptors (Lipinski definition) is 6. The molecule has 0 saturated heterocycles. The van der Waals surface area contributed by atoms with Crippen molar-refractivity contribution >= 4 is 26.7 Å². The Hall–Kier alpha value is -2.18. The van der Waals surface area contributed by atoms with E-state index in [1.54, 1.807) is 12.3 Å². The van der Waals surface area contributed by atoms with E-state index >= 15 is 0 Å². The number of ether oxygens (including phenoxy) is 1. The van der Waals surface area contributed by atoms with Crippen LogP contribution in [0.4, 0.5) is 5.13 Å². The van der Waals surface area contributed by atoms with Crippen LogP contribution in [-0.4, -0.2) is 28.3 Å². The Balaban J connectivity index is 1.89. The molecular formula is C14H13N3O2S. The van der Waals surface area contributed by atoms with Crippen LogP contribution in [0.25, 0.3) is 21.3 Å². The first-order chi connectivity index (χ1) is 9.76. The first kappa shape index (κ1) is 12.8. The van der Waals surface area contributed by atoms with Crippen LogP contribution >= 0.6 is 11.3 Å². The third kappa shape index (κ3) is 2.56. The zero-order valence-electron chi connectivity index (χ0n) is 10.6. The second-order valence-corrected chi connectivity index (χ2v) is 5.25. The van der Waals surface area contributed by atoms with E-state index in [1.807, 2.05) is 18.2 Å². The Kier molecular flexibility index (Phi) is 3.49. The molecule has 0 saturated carbocycles. The molecule has 2 aromatic heterocycles. The topological polar surface area (TPSA) is 81.3 Å². The van der Waals surface area contributed by atoms with Crippen molar-refractivity contribution in [1.29, 1.82) is 0 Å². The molecule has 20 heavy (non-hydrogen) atoms. The summed E-state index contributed by atoms with van der Waals surface area (Å²) in [6.45, 7) is 0.228. The second kappa shape index (κ2) is 5.44. The average molecular weight is 287 g/mol. The van der Waals surface area contributed by atoms with E-state index in [0.717, 1.165) is 21.3 Å². The van der Waals surface area contributed by atoms with Gasteiger partial charge in [-0.25, -0.2) is 9.97 Å². The number of anilines is 1. The van der Waals surface area contributed by atoms with Crippen molar-refractivity contribution < 1.29 is 9.84 Å². The van der Waals surface area contributed by atoms with Crippen LogP contribution in [0.5, 0.6) is 5.88 Å². The molecule has 3 rings (SSSR count). The molecule has 0 amide bonds. The average Bonchev–Trinajstić information content (AvgIpc) is 2.84. The van der Waals surface area contributed by atoms with Crippen LogP contribution in [-0.2, 0) is 0 Å². The molecule has 5 nitrogen and oxygen atoms in total. The first-order valence-corrected chi connectivity index (χ1v) is 6.94. The molecule has 1 aromatic carbocycles. The third-order valence-corrected chi connectivity index (χ3v) is 3.66. The molecule has 0 aliphatic rings. The molecule has 6 heteroatoms. The largest absolute Gasteiger partial charge is 0.475 e. The highest BCUT2D eigenvalue weighted by atomic mass is 32.1. The number of benzene rings is 1. The zero-order valence-corrected chi connectivity index (χ0v) is 11.4. The number of aliphatic hydroxyl groups excluding tert-OH is 1. The zero-order chi connectivity index (χ0) is 13.9. The number of hydrogen-bond donors (Lipinski definition) is 2. The monoisotopic (exact) mass is 287 g/mol. The van der Waals surface area contributed by atoms with Gasteiger partial charge in [-0.15, -0.1) is 0 Å². The van der Waals surface area contributed by atoms with Gasteiger partial charge < -0.3 is 15.6 Å². The van der Waals surface area contributed by atoms with Crippen molar-refractivity contribution in [1.82, 2.24) is 9.97 Å². The summed E-state index contributed by atoms with van der Waals surface area (Å²) in [4.78, 5) is 8.44. The van der Waals surface area contributed by atoms with Gasteiger partial charge >= 0.3 is 0 Å². The summed E-state index contributed by atoms with van der Waals surface area (Å²) in [5, 5.41) is 9.27. The van der Waals surface area contributed by atoms with Crippen molar-refractivity contribution in [3.05, 3.63) is 36.5 Å².